The lowest BCUT2D eigenvalue weighted by Gasteiger charge is -2.24. The summed E-state index contributed by atoms with van der Waals surface area (Å²) in [6, 6.07) is 6.01. The molecule has 0 fully saturated rings. The number of nitriles is 1. The second-order valence-electron chi connectivity index (χ2n) is 5.46. The molecule has 0 amide bonds. The van der Waals surface area contributed by atoms with Crippen LogP contribution >= 0.6 is 22.6 Å². The lowest BCUT2D eigenvalue weighted by Crippen LogP contribution is -2.21. The number of hydrogen-bond donors (Lipinski definition) is 2. The molecule has 8 heteroatoms. The van der Waals surface area contributed by atoms with Crippen molar-refractivity contribution in [3.05, 3.63) is 44.0 Å². The number of rotatable bonds is 4. The second kappa shape index (κ2) is 6.84. The van der Waals surface area contributed by atoms with Crippen LogP contribution in [0.1, 0.15) is 29.7 Å². The fourth-order valence-electron chi connectivity index (χ4n) is 2.95. The van der Waals surface area contributed by atoms with Gasteiger partial charge in [-0.3, -0.25) is 5.10 Å². The van der Waals surface area contributed by atoms with Crippen LogP contribution in [0.15, 0.2) is 23.6 Å². The number of benzene rings is 1. The Labute approximate surface area is 158 Å². The van der Waals surface area contributed by atoms with E-state index in [1.54, 1.807) is 7.11 Å². The molecule has 0 saturated carbocycles. The van der Waals surface area contributed by atoms with Gasteiger partial charge in [-0.2, -0.15) is 5.26 Å². The topological polar surface area (TPSA) is 106 Å². The largest absolute Gasteiger partial charge is 0.492 e. The second-order valence-corrected chi connectivity index (χ2v) is 6.62. The Morgan fingerprint density at radius 1 is 1.48 bits per heavy atom. The van der Waals surface area contributed by atoms with Crippen molar-refractivity contribution in [2.45, 2.75) is 19.8 Å². The van der Waals surface area contributed by atoms with E-state index < -0.39 is 0 Å². The molecule has 1 aromatic heterocycles. The Morgan fingerprint density at radius 3 is 2.88 bits per heavy atom. The predicted molar refractivity (Wildman–Crippen MR) is 99.5 cm³/mol. The first-order chi connectivity index (χ1) is 12.0. The summed E-state index contributed by atoms with van der Waals surface area (Å²) in [6.45, 7) is 4.30. The molecular formula is C17H17IN4O3. The maximum Gasteiger partial charge on any atom is 0.244 e. The number of nitrogens with one attached hydrogen (secondary N) is 1. The minimum absolute atomic E-state index is 0.0651. The summed E-state index contributed by atoms with van der Waals surface area (Å²) < 4.78 is 17.5. The summed E-state index contributed by atoms with van der Waals surface area (Å²) in [5.74, 6) is 1.36. The van der Waals surface area contributed by atoms with Crippen LogP contribution in [0.25, 0.3) is 0 Å². The van der Waals surface area contributed by atoms with Gasteiger partial charge in [0.15, 0.2) is 11.5 Å². The molecule has 3 rings (SSSR count). The Balaban J connectivity index is 2.24. The first-order valence-corrected chi connectivity index (χ1v) is 8.72. The Kier molecular flexibility index (Phi) is 4.76. The molecule has 2 heterocycles. The number of nitrogens with two attached hydrogens (primary N) is 1. The highest BCUT2D eigenvalue weighted by molar-refractivity contribution is 14.1. The summed E-state index contributed by atoms with van der Waals surface area (Å²) >= 11 is 2.19. The van der Waals surface area contributed by atoms with Gasteiger partial charge in [-0.15, -0.1) is 5.10 Å². The van der Waals surface area contributed by atoms with Crippen LogP contribution in [-0.2, 0) is 0 Å². The van der Waals surface area contributed by atoms with E-state index in [1.807, 2.05) is 26.0 Å². The summed E-state index contributed by atoms with van der Waals surface area (Å²) in [7, 11) is 1.60. The minimum atomic E-state index is -0.383. The van der Waals surface area contributed by atoms with Crippen molar-refractivity contribution in [1.82, 2.24) is 10.2 Å². The molecule has 2 aromatic rings. The number of nitrogens with zero attached hydrogens (tertiary/aromatic N) is 2. The summed E-state index contributed by atoms with van der Waals surface area (Å²) in [5.41, 5.74) is 8.79. The lowest BCUT2D eigenvalue weighted by molar-refractivity contribution is 0.309. The van der Waals surface area contributed by atoms with E-state index in [0.29, 0.717) is 29.6 Å². The molecule has 0 radical (unpaired) electrons. The lowest BCUT2D eigenvalue weighted by atomic mass is 9.84. The van der Waals surface area contributed by atoms with Crippen LogP contribution in [0, 0.1) is 21.8 Å². The van der Waals surface area contributed by atoms with Gasteiger partial charge in [-0.25, -0.2) is 0 Å². The number of H-pyrrole nitrogens is 1. The highest BCUT2D eigenvalue weighted by atomic mass is 127. The number of fused-ring (bicyclic) bond motifs is 1. The van der Waals surface area contributed by atoms with Gasteiger partial charge in [-0.1, -0.05) is 0 Å². The summed E-state index contributed by atoms with van der Waals surface area (Å²) in [4.78, 5) is 0. The number of aryl methyl sites for hydroxylation is 1. The van der Waals surface area contributed by atoms with E-state index in [1.165, 1.54) is 0 Å². The predicted octanol–water partition coefficient (Wildman–Crippen LogP) is 2.95. The SMILES string of the molecule is CCOc1cc([C@@H]2C(C#N)=C(N)Oc3n[nH]c(C)c32)cc(I)c1OC. The molecule has 130 valence electrons. The van der Waals surface area contributed by atoms with E-state index >= 15 is 0 Å². The van der Waals surface area contributed by atoms with Gasteiger partial charge in [0, 0.05) is 11.3 Å². The average Bonchev–Trinajstić information content (AvgIpc) is 2.94. The fraction of sp³-hybridized carbons (Fsp3) is 0.294. The first kappa shape index (κ1) is 17.4. The molecule has 0 bridgehead atoms. The van der Waals surface area contributed by atoms with Crippen molar-refractivity contribution in [2.75, 3.05) is 13.7 Å². The van der Waals surface area contributed by atoms with Crippen LogP contribution < -0.4 is 19.9 Å². The zero-order valence-corrected chi connectivity index (χ0v) is 16.2. The zero-order chi connectivity index (χ0) is 18.1. The average molecular weight is 452 g/mol. The van der Waals surface area contributed by atoms with Gasteiger partial charge >= 0.3 is 0 Å². The number of allylic oxidation sites excluding steroid dienone is 1. The molecule has 25 heavy (non-hydrogen) atoms. The van der Waals surface area contributed by atoms with Crippen LogP contribution in [0.2, 0.25) is 0 Å². The number of hydrogen-bond acceptors (Lipinski definition) is 6. The van der Waals surface area contributed by atoms with Gasteiger partial charge in [0.1, 0.15) is 11.6 Å². The van der Waals surface area contributed by atoms with Crippen LogP contribution in [-0.4, -0.2) is 23.9 Å². The monoisotopic (exact) mass is 452 g/mol. The summed E-state index contributed by atoms with van der Waals surface area (Å²) in [6.07, 6.45) is 0. The summed E-state index contributed by atoms with van der Waals surface area (Å²) in [5, 5.41) is 16.7. The molecule has 1 atom stereocenters. The standard InChI is InChI=1S/C17H17IN4O3/c1-4-24-12-6-9(5-11(18)15(12)23-3)14-10(7-19)16(20)25-17-13(14)8(2)21-22-17/h5-6,14H,4,20H2,1-3H3,(H,21,22)/t14-/m1/s1. The van der Waals surface area contributed by atoms with Gasteiger partial charge < -0.3 is 19.9 Å². The van der Waals surface area contributed by atoms with Crippen molar-refractivity contribution >= 4 is 22.6 Å². The highest BCUT2D eigenvalue weighted by Gasteiger charge is 2.35. The number of aromatic nitrogens is 2. The van der Waals surface area contributed by atoms with Crippen molar-refractivity contribution < 1.29 is 14.2 Å². The van der Waals surface area contributed by atoms with E-state index in [0.717, 1.165) is 20.4 Å². The Bertz CT molecular complexity index is 898. The van der Waals surface area contributed by atoms with Gasteiger partial charge in [0.05, 0.1) is 23.2 Å². The zero-order valence-electron chi connectivity index (χ0n) is 14.0. The molecule has 0 spiro atoms. The van der Waals surface area contributed by atoms with Gasteiger partial charge in [0.25, 0.3) is 0 Å². The third-order valence-corrected chi connectivity index (χ3v) is 4.80. The molecular weight excluding hydrogens is 435 g/mol. The van der Waals surface area contributed by atoms with Crippen LogP contribution in [0.3, 0.4) is 0 Å². The molecule has 0 unspecified atom stereocenters. The smallest absolute Gasteiger partial charge is 0.244 e. The number of halogens is 1. The molecule has 0 saturated heterocycles. The maximum absolute atomic E-state index is 9.63. The quantitative estimate of drug-likeness (QED) is 0.692. The molecule has 1 aromatic carbocycles. The van der Waals surface area contributed by atoms with E-state index in [9.17, 15) is 5.26 Å². The first-order valence-electron chi connectivity index (χ1n) is 7.64. The van der Waals surface area contributed by atoms with E-state index in [2.05, 4.69) is 38.9 Å². The molecule has 3 N–H and O–H groups in total. The van der Waals surface area contributed by atoms with E-state index in [-0.39, 0.29) is 11.8 Å². The third-order valence-electron chi connectivity index (χ3n) is 4.00. The number of aromatic amines is 1. The Hall–Kier alpha value is -2.41. The van der Waals surface area contributed by atoms with Crippen LogP contribution in [0.4, 0.5) is 0 Å². The Morgan fingerprint density at radius 2 is 2.24 bits per heavy atom. The van der Waals surface area contributed by atoms with E-state index in [4.69, 9.17) is 19.9 Å². The number of methoxy groups -OCH3 is 1. The third kappa shape index (κ3) is 2.89. The molecule has 0 aliphatic carbocycles. The van der Waals surface area contributed by atoms with Crippen molar-refractivity contribution in [3.63, 3.8) is 0 Å². The van der Waals surface area contributed by atoms with Crippen molar-refractivity contribution in [2.24, 2.45) is 5.73 Å². The molecule has 1 aliphatic rings. The van der Waals surface area contributed by atoms with Gasteiger partial charge in [0.2, 0.25) is 11.8 Å². The maximum atomic E-state index is 9.63. The van der Waals surface area contributed by atoms with Crippen LogP contribution in [0.5, 0.6) is 17.4 Å². The van der Waals surface area contributed by atoms with Crippen molar-refractivity contribution in [1.29, 1.82) is 5.26 Å². The number of ether oxygens (including phenoxy) is 3. The molecule has 1 aliphatic heterocycles. The molecule has 7 nitrogen and oxygen atoms in total. The van der Waals surface area contributed by atoms with Crippen molar-refractivity contribution in [3.8, 4) is 23.4 Å². The minimum Gasteiger partial charge on any atom is -0.492 e. The van der Waals surface area contributed by atoms with Gasteiger partial charge in [-0.05, 0) is 54.1 Å². The normalized spacial score (nSPS) is 16.0. The highest BCUT2D eigenvalue weighted by Crippen LogP contribution is 2.45. The fourth-order valence-corrected chi connectivity index (χ4v) is 3.79.